The van der Waals surface area contributed by atoms with Gasteiger partial charge in [0.15, 0.2) is 0 Å². The van der Waals surface area contributed by atoms with Crippen LogP contribution in [0.1, 0.15) is 31.4 Å². The summed E-state index contributed by atoms with van der Waals surface area (Å²) in [6.07, 6.45) is 1.07. The van der Waals surface area contributed by atoms with Gasteiger partial charge in [-0.1, -0.05) is 26.0 Å². The third-order valence-corrected chi connectivity index (χ3v) is 3.19. The number of benzene rings is 1. The lowest BCUT2D eigenvalue weighted by Gasteiger charge is -2.09. The third kappa shape index (κ3) is 5.67. The number of hydrogen-bond acceptors (Lipinski definition) is 4. The maximum absolute atomic E-state index is 10.8. The van der Waals surface area contributed by atoms with Gasteiger partial charge in [-0.2, -0.15) is 0 Å². The van der Waals surface area contributed by atoms with Crippen LogP contribution in [0.4, 0.5) is 5.69 Å². The molecule has 5 heteroatoms. The first-order chi connectivity index (χ1) is 9.52. The van der Waals surface area contributed by atoms with E-state index >= 15 is 0 Å². The summed E-state index contributed by atoms with van der Waals surface area (Å²) < 4.78 is 5.50. The van der Waals surface area contributed by atoms with Crippen molar-refractivity contribution in [1.29, 1.82) is 0 Å². The number of nitrogens with one attached hydrogen (secondary N) is 1. The molecule has 0 saturated carbocycles. The molecule has 0 atom stereocenters. The lowest BCUT2D eigenvalue weighted by molar-refractivity contribution is -0.385. The maximum Gasteiger partial charge on any atom is 0.272 e. The van der Waals surface area contributed by atoms with Crippen LogP contribution in [0.25, 0.3) is 0 Å². The van der Waals surface area contributed by atoms with Crippen molar-refractivity contribution in [1.82, 2.24) is 5.32 Å². The number of nitro benzene ring substituents is 1. The zero-order valence-electron chi connectivity index (χ0n) is 12.5. The van der Waals surface area contributed by atoms with E-state index in [0.717, 1.165) is 30.7 Å². The van der Waals surface area contributed by atoms with Crippen LogP contribution in [0.5, 0.6) is 0 Å². The SMILES string of the molecule is Cc1c(CNCCOCCC(C)C)cccc1[N+](=O)[O-]. The van der Waals surface area contributed by atoms with Crippen molar-refractivity contribution in [2.24, 2.45) is 5.92 Å². The van der Waals surface area contributed by atoms with Gasteiger partial charge in [0.2, 0.25) is 0 Å². The van der Waals surface area contributed by atoms with Crippen LogP contribution in [0.2, 0.25) is 0 Å². The summed E-state index contributed by atoms with van der Waals surface area (Å²) in [6, 6.07) is 5.17. The summed E-state index contributed by atoms with van der Waals surface area (Å²) in [5.41, 5.74) is 1.87. The Morgan fingerprint density at radius 3 is 2.75 bits per heavy atom. The van der Waals surface area contributed by atoms with Crippen molar-refractivity contribution in [2.45, 2.75) is 33.7 Å². The van der Waals surface area contributed by atoms with E-state index in [2.05, 4.69) is 19.2 Å². The molecule has 0 unspecified atom stereocenters. The average Bonchev–Trinajstić information content (AvgIpc) is 2.38. The second kappa shape index (κ2) is 8.66. The maximum atomic E-state index is 10.8. The molecule has 0 bridgehead atoms. The van der Waals surface area contributed by atoms with Crippen molar-refractivity contribution in [3.05, 3.63) is 39.4 Å². The number of nitro groups is 1. The van der Waals surface area contributed by atoms with Crippen molar-refractivity contribution in [3.8, 4) is 0 Å². The largest absolute Gasteiger partial charge is 0.380 e. The molecule has 1 aromatic rings. The topological polar surface area (TPSA) is 64.4 Å². The molecule has 1 N–H and O–H groups in total. The molecule has 112 valence electrons. The monoisotopic (exact) mass is 280 g/mol. The molecular formula is C15H24N2O3. The molecule has 0 fully saturated rings. The fourth-order valence-corrected chi connectivity index (χ4v) is 1.85. The number of ether oxygens (including phenoxy) is 1. The van der Waals surface area contributed by atoms with Gasteiger partial charge in [-0.3, -0.25) is 10.1 Å². The van der Waals surface area contributed by atoms with Gasteiger partial charge in [0.25, 0.3) is 5.69 Å². The van der Waals surface area contributed by atoms with Crippen molar-refractivity contribution in [2.75, 3.05) is 19.8 Å². The molecule has 0 amide bonds. The highest BCUT2D eigenvalue weighted by Crippen LogP contribution is 2.20. The first kappa shape index (κ1) is 16.6. The normalized spacial score (nSPS) is 11.0. The van der Waals surface area contributed by atoms with E-state index in [1.807, 2.05) is 6.07 Å². The Kier molecular flexibility index (Phi) is 7.18. The van der Waals surface area contributed by atoms with E-state index in [-0.39, 0.29) is 10.6 Å². The van der Waals surface area contributed by atoms with Crippen LogP contribution in [0.15, 0.2) is 18.2 Å². The van der Waals surface area contributed by atoms with Gasteiger partial charge in [0.05, 0.1) is 11.5 Å². The summed E-state index contributed by atoms with van der Waals surface area (Å²) in [4.78, 5) is 10.5. The van der Waals surface area contributed by atoms with E-state index in [0.29, 0.717) is 19.1 Å². The molecule has 0 aliphatic rings. The lowest BCUT2D eigenvalue weighted by atomic mass is 10.1. The summed E-state index contributed by atoms with van der Waals surface area (Å²) in [6.45, 7) is 8.96. The Hall–Kier alpha value is -1.46. The molecule has 5 nitrogen and oxygen atoms in total. The molecule has 0 aromatic heterocycles. The van der Waals surface area contributed by atoms with E-state index in [1.54, 1.807) is 13.0 Å². The number of nitrogens with zero attached hydrogens (tertiary/aromatic N) is 1. The summed E-state index contributed by atoms with van der Waals surface area (Å²) >= 11 is 0. The predicted octanol–water partition coefficient (Wildman–Crippen LogP) is 3.06. The molecule has 0 saturated heterocycles. The highest BCUT2D eigenvalue weighted by molar-refractivity contribution is 5.44. The molecule has 0 radical (unpaired) electrons. The molecular weight excluding hydrogens is 256 g/mol. The Labute approximate surface area is 120 Å². The van der Waals surface area contributed by atoms with Gasteiger partial charge in [-0.25, -0.2) is 0 Å². The average molecular weight is 280 g/mol. The Balaban J connectivity index is 2.29. The van der Waals surface area contributed by atoms with Gasteiger partial charge >= 0.3 is 0 Å². The smallest absolute Gasteiger partial charge is 0.272 e. The zero-order valence-corrected chi connectivity index (χ0v) is 12.5. The first-order valence-electron chi connectivity index (χ1n) is 7.03. The third-order valence-electron chi connectivity index (χ3n) is 3.19. The highest BCUT2D eigenvalue weighted by Gasteiger charge is 2.12. The molecule has 0 aliphatic heterocycles. The minimum absolute atomic E-state index is 0.178. The molecule has 0 heterocycles. The number of hydrogen-bond donors (Lipinski definition) is 1. The van der Waals surface area contributed by atoms with E-state index in [4.69, 9.17) is 4.74 Å². The van der Waals surface area contributed by atoms with E-state index in [9.17, 15) is 10.1 Å². The molecule has 20 heavy (non-hydrogen) atoms. The predicted molar refractivity (Wildman–Crippen MR) is 79.8 cm³/mol. The van der Waals surface area contributed by atoms with Crippen LogP contribution in [-0.4, -0.2) is 24.7 Å². The van der Waals surface area contributed by atoms with Crippen LogP contribution in [0.3, 0.4) is 0 Å². The van der Waals surface area contributed by atoms with Crippen molar-refractivity contribution in [3.63, 3.8) is 0 Å². The quantitative estimate of drug-likeness (QED) is 0.429. The van der Waals surface area contributed by atoms with Crippen molar-refractivity contribution < 1.29 is 9.66 Å². The van der Waals surface area contributed by atoms with Gasteiger partial charge in [-0.05, 0) is 24.8 Å². The first-order valence-corrected chi connectivity index (χ1v) is 7.03. The summed E-state index contributed by atoms with van der Waals surface area (Å²) in [5.74, 6) is 0.662. The Morgan fingerprint density at radius 1 is 1.35 bits per heavy atom. The fraction of sp³-hybridized carbons (Fsp3) is 0.600. The highest BCUT2D eigenvalue weighted by atomic mass is 16.6. The van der Waals surface area contributed by atoms with Crippen LogP contribution < -0.4 is 5.32 Å². The van der Waals surface area contributed by atoms with E-state index < -0.39 is 0 Å². The van der Waals surface area contributed by atoms with Crippen molar-refractivity contribution >= 4 is 5.69 Å². The van der Waals surface area contributed by atoms with Crippen LogP contribution in [-0.2, 0) is 11.3 Å². The molecule has 0 spiro atoms. The second-order valence-electron chi connectivity index (χ2n) is 5.29. The van der Waals surface area contributed by atoms with Gasteiger partial charge in [0, 0.05) is 31.3 Å². The van der Waals surface area contributed by atoms with Crippen LogP contribution >= 0.6 is 0 Å². The minimum atomic E-state index is -0.339. The van der Waals surface area contributed by atoms with E-state index in [1.165, 1.54) is 6.07 Å². The zero-order chi connectivity index (χ0) is 15.0. The fourth-order valence-electron chi connectivity index (χ4n) is 1.85. The van der Waals surface area contributed by atoms with Gasteiger partial charge < -0.3 is 10.1 Å². The Bertz CT molecular complexity index is 433. The number of rotatable bonds is 9. The second-order valence-corrected chi connectivity index (χ2v) is 5.29. The summed E-state index contributed by atoms with van der Waals surface area (Å²) in [5, 5.41) is 14.1. The standard InChI is InChI=1S/C15H24N2O3/c1-12(2)7-9-20-10-8-16-11-14-5-4-6-15(13(14)3)17(18)19/h4-6,12,16H,7-11H2,1-3H3. The molecule has 0 aliphatic carbocycles. The Morgan fingerprint density at radius 2 is 2.10 bits per heavy atom. The lowest BCUT2D eigenvalue weighted by Crippen LogP contribution is -2.20. The van der Waals surface area contributed by atoms with Gasteiger partial charge in [-0.15, -0.1) is 0 Å². The van der Waals surface area contributed by atoms with Gasteiger partial charge in [0.1, 0.15) is 0 Å². The molecule has 1 aromatic carbocycles. The minimum Gasteiger partial charge on any atom is -0.380 e. The van der Waals surface area contributed by atoms with Crippen LogP contribution in [0, 0.1) is 23.0 Å². The molecule has 1 rings (SSSR count). The summed E-state index contributed by atoms with van der Waals surface area (Å²) in [7, 11) is 0.